The zero-order valence-corrected chi connectivity index (χ0v) is 19.5. The van der Waals surface area contributed by atoms with E-state index in [1.165, 1.54) is 6.92 Å². The number of halogens is 1. The second kappa shape index (κ2) is 9.46. The summed E-state index contributed by atoms with van der Waals surface area (Å²) in [6.45, 7) is 0.247. The maximum Gasteiger partial charge on any atom is 0.490 e. The van der Waals surface area contributed by atoms with Crippen molar-refractivity contribution < 1.29 is 60.6 Å². The summed E-state index contributed by atoms with van der Waals surface area (Å²) in [5.41, 5.74) is 4.59. The second-order valence-corrected chi connectivity index (χ2v) is 11.4. The molecule has 0 saturated carbocycles. The fourth-order valence-corrected chi connectivity index (χ4v) is 6.14. The van der Waals surface area contributed by atoms with Gasteiger partial charge in [0, 0.05) is 5.92 Å². The number of hydrogen-bond acceptors (Lipinski definition) is 12. The molecular formula is C12H19FN5O13P3. The Morgan fingerprint density at radius 2 is 1.88 bits per heavy atom. The van der Waals surface area contributed by atoms with E-state index in [4.69, 9.17) is 20.3 Å². The smallest absolute Gasteiger partial charge is 0.387 e. The maximum atomic E-state index is 14.8. The highest BCUT2D eigenvalue weighted by atomic mass is 31.3. The lowest BCUT2D eigenvalue weighted by Crippen LogP contribution is -2.51. The number of alkyl halides is 1. The van der Waals surface area contributed by atoms with Gasteiger partial charge in [-0.3, -0.25) is 18.9 Å². The van der Waals surface area contributed by atoms with Gasteiger partial charge in [-0.2, -0.15) is 13.6 Å². The summed E-state index contributed by atoms with van der Waals surface area (Å²) >= 11 is 0. The van der Waals surface area contributed by atoms with Crippen LogP contribution in [0.25, 0.3) is 11.2 Å². The molecule has 1 aliphatic rings. The van der Waals surface area contributed by atoms with Crippen LogP contribution >= 0.6 is 23.5 Å². The van der Waals surface area contributed by atoms with Crippen LogP contribution < -0.4 is 11.3 Å². The van der Waals surface area contributed by atoms with Crippen molar-refractivity contribution in [1.29, 1.82) is 0 Å². The molecule has 0 amide bonds. The van der Waals surface area contributed by atoms with Crippen LogP contribution in [0.15, 0.2) is 11.1 Å². The molecule has 3 heterocycles. The number of H-pyrrole nitrogens is 1. The Bertz CT molecular complexity index is 1260. The first kappa shape index (κ1) is 27.0. The Kier molecular flexibility index (Phi) is 7.51. The van der Waals surface area contributed by atoms with Crippen LogP contribution in [0.2, 0.25) is 0 Å². The largest absolute Gasteiger partial charge is 0.490 e. The van der Waals surface area contributed by atoms with E-state index < -0.39 is 66.2 Å². The number of rotatable bonds is 8. The van der Waals surface area contributed by atoms with Crippen molar-refractivity contribution >= 4 is 40.6 Å². The molecule has 2 aromatic heterocycles. The summed E-state index contributed by atoms with van der Waals surface area (Å²) in [7, 11) is -16.9. The first-order valence-electron chi connectivity index (χ1n) is 8.98. The van der Waals surface area contributed by atoms with E-state index in [9.17, 15) is 37.8 Å². The van der Waals surface area contributed by atoms with Crippen LogP contribution in [0.3, 0.4) is 0 Å². The first-order valence-corrected chi connectivity index (χ1v) is 13.5. The number of phosphoric ester groups is 1. The van der Waals surface area contributed by atoms with Crippen LogP contribution in [0.1, 0.15) is 13.2 Å². The van der Waals surface area contributed by atoms with E-state index in [1.54, 1.807) is 0 Å². The standard InChI is InChI=1S/C12H19FN5O13P3/c1-4-6(13)8(19)5(2-28-33(24,25)31-34(26,27)30-32(21,22)23)29-11(4)18-3-15-7-9(18)16-12(14)17-10(7)20/h3-6,8,11,19H,2H2,1H3,(H,24,25)(H,26,27)(H2,21,22,23)(H3,14,16,17,20)/t4?,5-,6?,8?,11-/m1/s1. The highest BCUT2D eigenvalue weighted by Crippen LogP contribution is 2.66. The van der Waals surface area contributed by atoms with Gasteiger partial charge in [-0.05, 0) is 0 Å². The minimum Gasteiger partial charge on any atom is -0.387 e. The minimum atomic E-state index is -5.77. The summed E-state index contributed by atoms with van der Waals surface area (Å²) in [5.74, 6) is -1.35. The summed E-state index contributed by atoms with van der Waals surface area (Å²) in [6.07, 6.45) is -5.80. The fraction of sp³-hybridized carbons (Fsp3) is 0.583. The van der Waals surface area contributed by atoms with Gasteiger partial charge in [0.2, 0.25) is 5.95 Å². The predicted octanol–water partition coefficient (Wildman–Crippen LogP) is -0.722. The Hall–Kier alpha value is -1.59. The number of aromatic amines is 1. The van der Waals surface area contributed by atoms with Gasteiger partial charge in [-0.15, -0.1) is 0 Å². The average Bonchev–Trinajstić information content (AvgIpc) is 3.06. The number of aromatic nitrogens is 4. The van der Waals surface area contributed by atoms with E-state index in [0.29, 0.717) is 0 Å². The molecule has 0 radical (unpaired) electrons. The molecule has 0 aliphatic carbocycles. The predicted molar refractivity (Wildman–Crippen MR) is 106 cm³/mol. The molecule has 22 heteroatoms. The van der Waals surface area contributed by atoms with Gasteiger partial charge in [-0.1, -0.05) is 6.92 Å². The molecule has 3 rings (SSSR count). The lowest BCUT2D eigenvalue weighted by molar-refractivity contribution is -0.210. The van der Waals surface area contributed by atoms with Gasteiger partial charge in [0.25, 0.3) is 5.56 Å². The zero-order valence-electron chi connectivity index (χ0n) is 16.8. The molecule has 0 aromatic carbocycles. The summed E-state index contributed by atoms with van der Waals surface area (Å²) in [5, 5.41) is 10.2. The van der Waals surface area contributed by atoms with Crippen molar-refractivity contribution in [1.82, 2.24) is 19.5 Å². The third kappa shape index (κ3) is 6.15. The van der Waals surface area contributed by atoms with E-state index in [2.05, 4.69) is 28.1 Å². The number of imidazole rings is 1. The Balaban J connectivity index is 1.80. The van der Waals surface area contributed by atoms with E-state index in [-0.39, 0.29) is 17.1 Å². The Morgan fingerprint density at radius 3 is 2.50 bits per heavy atom. The number of nitrogens with zero attached hydrogens (tertiary/aromatic N) is 3. The molecule has 8 N–H and O–H groups in total. The van der Waals surface area contributed by atoms with Gasteiger partial charge in [-0.25, -0.2) is 23.1 Å². The van der Waals surface area contributed by atoms with Crippen LogP contribution in [-0.4, -0.2) is 69.2 Å². The number of anilines is 1. The van der Waals surface area contributed by atoms with Crippen molar-refractivity contribution in [2.24, 2.45) is 5.92 Å². The molecule has 18 nitrogen and oxygen atoms in total. The van der Waals surface area contributed by atoms with Crippen LogP contribution in [0.5, 0.6) is 0 Å². The summed E-state index contributed by atoms with van der Waals surface area (Å²) in [6, 6.07) is 0. The monoisotopic (exact) mass is 553 g/mol. The van der Waals surface area contributed by atoms with Gasteiger partial charge in [0.05, 0.1) is 12.9 Å². The molecule has 1 fully saturated rings. The molecule has 5 unspecified atom stereocenters. The van der Waals surface area contributed by atoms with Crippen LogP contribution in [0, 0.1) is 5.92 Å². The topological polar surface area (TPSA) is 279 Å². The third-order valence-electron chi connectivity index (χ3n) is 4.52. The fourth-order valence-electron chi connectivity index (χ4n) is 3.11. The van der Waals surface area contributed by atoms with Gasteiger partial charge in [0.15, 0.2) is 11.2 Å². The Morgan fingerprint density at radius 1 is 1.24 bits per heavy atom. The molecule has 2 aromatic rings. The average molecular weight is 553 g/mol. The summed E-state index contributed by atoms with van der Waals surface area (Å²) < 4.78 is 67.1. The van der Waals surface area contributed by atoms with Crippen molar-refractivity contribution in [2.75, 3.05) is 12.3 Å². The number of ether oxygens (including phenoxy) is 1. The van der Waals surface area contributed by atoms with E-state index in [0.717, 1.165) is 10.9 Å². The normalized spacial score (nSPS) is 29.6. The summed E-state index contributed by atoms with van der Waals surface area (Å²) in [4.78, 5) is 57.8. The van der Waals surface area contributed by atoms with Crippen molar-refractivity contribution in [3.63, 3.8) is 0 Å². The molecule has 192 valence electrons. The van der Waals surface area contributed by atoms with Crippen molar-refractivity contribution in [3.8, 4) is 0 Å². The first-order chi connectivity index (χ1) is 15.5. The molecule has 7 atom stereocenters. The van der Waals surface area contributed by atoms with Gasteiger partial charge in [0.1, 0.15) is 24.6 Å². The molecule has 0 spiro atoms. The second-order valence-electron chi connectivity index (χ2n) is 7.02. The maximum absolute atomic E-state index is 14.8. The highest BCUT2D eigenvalue weighted by Gasteiger charge is 2.47. The molecule has 0 bridgehead atoms. The number of aliphatic hydroxyl groups is 1. The van der Waals surface area contributed by atoms with Crippen LogP contribution in [0.4, 0.5) is 10.3 Å². The molecule has 1 aliphatic heterocycles. The van der Waals surface area contributed by atoms with Crippen molar-refractivity contribution in [2.45, 2.75) is 31.5 Å². The number of phosphoric acid groups is 3. The molecule has 34 heavy (non-hydrogen) atoms. The number of fused-ring (bicyclic) bond motifs is 1. The van der Waals surface area contributed by atoms with E-state index in [1.807, 2.05) is 0 Å². The number of nitrogens with one attached hydrogen (secondary N) is 1. The minimum absolute atomic E-state index is 0.0895. The van der Waals surface area contributed by atoms with Crippen molar-refractivity contribution in [3.05, 3.63) is 16.7 Å². The number of aliphatic hydroxyl groups excluding tert-OH is 1. The zero-order chi connectivity index (χ0) is 25.6. The number of nitrogen functional groups attached to an aromatic ring is 1. The SMILES string of the molecule is CC1C(F)C(O)[C@@H](COP(=O)(O)OP(=O)(O)OP(=O)(O)O)O[C@H]1n1cnc2c(=O)[nH]c(N)nc21. The van der Waals surface area contributed by atoms with Crippen LogP contribution in [-0.2, 0) is 31.6 Å². The quantitative estimate of drug-likeness (QED) is 0.199. The number of hydrogen-bond donors (Lipinski definition) is 7. The highest BCUT2D eigenvalue weighted by molar-refractivity contribution is 7.66. The van der Waals surface area contributed by atoms with Gasteiger partial charge < -0.3 is 35.2 Å². The molecule has 1 saturated heterocycles. The third-order valence-corrected chi connectivity index (χ3v) is 8.32. The lowest BCUT2D eigenvalue weighted by atomic mass is 9.92. The number of nitrogens with two attached hydrogens (primary N) is 1. The van der Waals surface area contributed by atoms with E-state index >= 15 is 0 Å². The molecular weight excluding hydrogens is 534 g/mol. The Labute approximate surface area is 187 Å². The lowest BCUT2D eigenvalue weighted by Gasteiger charge is -2.40. The van der Waals surface area contributed by atoms with Gasteiger partial charge >= 0.3 is 23.5 Å².